The van der Waals surface area contributed by atoms with E-state index in [1.54, 1.807) is 11.8 Å². The van der Waals surface area contributed by atoms with Crippen LogP contribution in [-0.4, -0.2) is 51.1 Å². The van der Waals surface area contributed by atoms with Crippen LogP contribution in [0.3, 0.4) is 0 Å². The number of amides is 1. The second-order valence-corrected chi connectivity index (χ2v) is 10.6. The Morgan fingerprint density at radius 3 is 2.82 bits per heavy atom. The first kappa shape index (κ1) is 26.6. The van der Waals surface area contributed by atoms with E-state index in [0.717, 1.165) is 53.0 Å². The molecule has 1 amide bonds. The number of nitrogens with zero attached hydrogens (tertiary/aromatic N) is 1. The molecule has 0 unspecified atom stereocenters. The van der Waals surface area contributed by atoms with Crippen molar-refractivity contribution < 1.29 is 19.8 Å². The van der Waals surface area contributed by atoms with Crippen LogP contribution in [-0.2, 0) is 9.59 Å². The quantitative estimate of drug-likeness (QED) is 0.342. The molecule has 2 atom stereocenters. The maximum atomic E-state index is 12.6. The highest BCUT2D eigenvalue weighted by molar-refractivity contribution is 7.99. The predicted molar refractivity (Wildman–Crippen MR) is 139 cm³/mol. The molecular formula is C27H34ClNO4S. The molecule has 2 N–H and O–H groups in total. The third kappa shape index (κ3) is 7.76. The van der Waals surface area contributed by atoms with Gasteiger partial charge in [-0.15, -0.1) is 0 Å². The zero-order valence-electron chi connectivity index (χ0n) is 19.7. The third-order valence-corrected chi connectivity index (χ3v) is 7.67. The van der Waals surface area contributed by atoms with Gasteiger partial charge in [-0.2, -0.15) is 11.8 Å². The molecule has 5 nitrogen and oxygen atoms in total. The van der Waals surface area contributed by atoms with Crippen LogP contribution in [0.15, 0.2) is 42.5 Å². The SMILES string of the molecule is Cc1cc(Cl)ccc1-c1cccc([C@H](O)CC[C@H]2CCCC(=O)N2CCSCCCC(=O)O)c1. The molecule has 0 aliphatic carbocycles. The third-order valence-electron chi connectivity index (χ3n) is 6.39. The van der Waals surface area contributed by atoms with Gasteiger partial charge < -0.3 is 15.1 Å². The van der Waals surface area contributed by atoms with E-state index in [1.165, 1.54) is 0 Å². The van der Waals surface area contributed by atoms with Gasteiger partial charge in [-0.1, -0.05) is 35.9 Å². The van der Waals surface area contributed by atoms with E-state index in [1.807, 2.05) is 54.3 Å². The van der Waals surface area contributed by atoms with Crippen molar-refractivity contribution >= 4 is 35.2 Å². The number of aliphatic carboxylic acids is 1. The number of carbonyl (C=O) groups excluding carboxylic acids is 1. The number of hydrogen-bond donors (Lipinski definition) is 2. The van der Waals surface area contributed by atoms with Gasteiger partial charge in [0.1, 0.15) is 0 Å². The molecule has 2 aromatic rings. The van der Waals surface area contributed by atoms with E-state index < -0.39 is 12.1 Å². The van der Waals surface area contributed by atoms with Crippen LogP contribution in [0.4, 0.5) is 0 Å². The highest BCUT2D eigenvalue weighted by Gasteiger charge is 2.28. The van der Waals surface area contributed by atoms with Gasteiger partial charge in [-0.25, -0.2) is 0 Å². The van der Waals surface area contributed by atoms with Crippen LogP contribution in [0.2, 0.25) is 5.02 Å². The van der Waals surface area contributed by atoms with Gasteiger partial charge in [0.05, 0.1) is 6.10 Å². The fourth-order valence-electron chi connectivity index (χ4n) is 4.57. The number of carboxylic acids is 1. The van der Waals surface area contributed by atoms with E-state index in [2.05, 4.69) is 0 Å². The molecule has 1 aliphatic heterocycles. The van der Waals surface area contributed by atoms with Crippen molar-refractivity contribution in [3.8, 4) is 11.1 Å². The van der Waals surface area contributed by atoms with Crippen molar-refractivity contribution in [1.82, 2.24) is 4.90 Å². The number of benzene rings is 2. The number of thioether (sulfide) groups is 1. The van der Waals surface area contributed by atoms with Crippen molar-refractivity contribution in [3.63, 3.8) is 0 Å². The normalized spacial score (nSPS) is 17.1. The summed E-state index contributed by atoms with van der Waals surface area (Å²) in [6, 6.07) is 14.0. The lowest BCUT2D eigenvalue weighted by atomic mass is 9.93. The van der Waals surface area contributed by atoms with Crippen LogP contribution in [0.25, 0.3) is 11.1 Å². The summed E-state index contributed by atoms with van der Waals surface area (Å²) in [6.45, 7) is 2.71. The molecule has 184 valence electrons. The Bertz CT molecular complexity index is 983. The molecule has 3 rings (SSSR count). The molecular weight excluding hydrogens is 470 g/mol. The van der Waals surface area contributed by atoms with E-state index in [-0.39, 0.29) is 18.4 Å². The van der Waals surface area contributed by atoms with E-state index in [0.29, 0.717) is 30.8 Å². The Hall–Kier alpha value is -2.02. The van der Waals surface area contributed by atoms with Crippen molar-refractivity contribution in [2.45, 2.75) is 64.0 Å². The number of aliphatic hydroxyl groups is 1. The molecule has 1 heterocycles. The largest absolute Gasteiger partial charge is 0.481 e. The minimum absolute atomic E-state index is 0.150. The standard InChI is InChI=1S/C27H34ClNO4S/c1-19-17-22(28)10-12-24(19)20-5-2-6-21(18-20)25(30)13-11-23-7-3-8-26(31)29(23)14-16-34-15-4-9-27(32)33/h2,5-6,10,12,17-18,23,25,30H,3-4,7-9,11,13-16H2,1H3,(H,32,33)/t23-,25-/m1/s1. The van der Waals surface area contributed by atoms with Crippen LogP contribution in [0.5, 0.6) is 0 Å². The molecule has 0 saturated carbocycles. The van der Waals surface area contributed by atoms with Gasteiger partial charge in [0.25, 0.3) is 0 Å². The van der Waals surface area contributed by atoms with Crippen molar-refractivity contribution in [1.29, 1.82) is 0 Å². The summed E-state index contributed by atoms with van der Waals surface area (Å²) in [5, 5.41) is 20.4. The van der Waals surface area contributed by atoms with E-state index in [4.69, 9.17) is 16.7 Å². The Morgan fingerprint density at radius 1 is 1.24 bits per heavy atom. The number of halogens is 1. The smallest absolute Gasteiger partial charge is 0.303 e. The molecule has 34 heavy (non-hydrogen) atoms. The first-order valence-electron chi connectivity index (χ1n) is 12.0. The number of hydrogen-bond acceptors (Lipinski definition) is 4. The molecule has 0 radical (unpaired) electrons. The van der Waals surface area contributed by atoms with Crippen molar-refractivity contribution in [2.75, 3.05) is 18.1 Å². The zero-order valence-corrected chi connectivity index (χ0v) is 21.3. The lowest BCUT2D eigenvalue weighted by Gasteiger charge is -2.36. The maximum Gasteiger partial charge on any atom is 0.303 e. The lowest BCUT2D eigenvalue weighted by molar-refractivity contribution is -0.137. The minimum Gasteiger partial charge on any atom is -0.481 e. The molecule has 1 aliphatic rings. The molecule has 2 aromatic carbocycles. The lowest BCUT2D eigenvalue weighted by Crippen LogP contribution is -2.44. The van der Waals surface area contributed by atoms with Gasteiger partial charge in [0.15, 0.2) is 0 Å². The van der Waals surface area contributed by atoms with Gasteiger partial charge in [0.2, 0.25) is 5.91 Å². The average molecular weight is 504 g/mol. The number of aliphatic hydroxyl groups excluding tert-OH is 1. The van der Waals surface area contributed by atoms with Gasteiger partial charge in [0, 0.05) is 36.2 Å². The van der Waals surface area contributed by atoms with Crippen LogP contribution in [0.1, 0.15) is 62.2 Å². The second kappa shape index (κ2) is 13.2. The summed E-state index contributed by atoms with van der Waals surface area (Å²) >= 11 is 7.80. The van der Waals surface area contributed by atoms with Crippen LogP contribution >= 0.6 is 23.4 Å². The highest BCUT2D eigenvalue weighted by Crippen LogP contribution is 2.31. The van der Waals surface area contributed by atoms with Crippen molar-refractivity contribution in [3.05, 3.63) is 58.6 Å². The fraction of sp³-hybridized carbons (Fsp3) is 0.481. The Balaban J connectivity index is 1.55. The maximum absolute atomic E-state index is 12.6. The van der Waals surface area contributed by atoms with Gasteiger partial charge in [-0.3, -0.25) is 9.59 Å². The number of carboxylic acid groups (broad SMARTS) is 1. The molecule has 1 fully saturated rings. The van der Waals surface area contributed by atoms with Gasteiger partial charge >= 0.3 is 5.97 Å². The monoisotopic (exact) mass is 503 g/mol. The van der Waals surface area contributed by atoms with Gasteiger partial charge in [-0.05, 0) is 85.2 Å². The average Bonchev–Trinajstić information content (AvgIpc) is 2.80. The number of rotatable bonds is 12. The Kier molecular flexibility index (Phi) is 10.3. The molecule has 7 heteroatoms. The Morgan fingerprint density at radius 2 is 2.06 bits per heavy atom. The molecule has 0 spiro atoms. The highest BCUT2D eigenvalue weighted by atomic mass is 35.5. The zero-order chi connectivity index (χ0) is 24.5. The number of carbonyl (C=O) groups is 2. The number of piperidine rings is 1. The first-order chi connectivity index (χ1) is 16.3. The summed E-state index contributed by atoms with van der Waals surface area (Å²) in [7, 11) is 0. The summed E-state index contributed by atoms with van der Waals surface area (Å²) in [5.74, 6) is 1.03. The summed E-state index contributed by atoms with van der Waals surface area (Å²) in [6.07, 6.45) is 4.07. The van der Waals surface area contributed by atoms with Crippen molar-refractivity contribution in [2.24, 2.45) is 0 Å². The molecule has 0 aromatic heterocycles. The number of likely N-dealkylation sites (tertiary alicyclic amines) is 1. The van der Waals surface area contributed by atoms with E-state index >= 15 is 0 Å². The van der Waals surface area contributed by atoms with E-state index in [9.17, 15) is 14.7 Å². The molecule has 0 bridgehead atoms. The number of aryl methyl sites for hydroxylation is 1. The summed E-state index contributed by atoms with van der Waals surface area (Å²) < 4.78 is 0. The summed E-state index contributed by atoms with van der Waals surface area (Å²) in [5.41, 5.74) is 4.13. The fourth-order valence-corrected chi connectivity index (χ4v) is 5.68. The first-order valence-corrected chi connectivity index (χ1v) is 13.5. The molecule has 1 saturated heterocycles. The second-order valence-electron chi connectivity index (χ2n) is 8.92. The topological polar surface area (TPSA) is 77.8 Å². The minimum atomic E-state index is -0.765. The van der Waals surface area contributed by atoms with Crippen LogP contribution in [0, 0.1) is 6.92 Å². The predicted octanol–water partition coefficient (Wildman–Crippen LogP) is 6.11. The Labute approximate surface area is 211 Å². The summed E-state index contributed by atoms with van der Waals surface area (Å²) in [4.78, 5) is 25.2. The van der Waals surface area contributed by atoms with Crippen LogP contribution < -0.4 is 0 Å².